The number of allylic oxidation sites excluding steroid dienone is 4. The predicted octanol–water partition coefficient (Wildman–Crippen LogP) is 5.77. The maximum absolute atomic E-state index is 14.0. The van der Waals surface area contributed by atoms with Gasteiger partial charge in [0, 0.05) is 22.7 Å². The lowest BCUT2D eigenvalue weighted by atomic mass is 9.93. The second-order valence-corrected chi connectivity index (χ2v) is 7.48. The highest BCUT2D eigenvalue weighted by molar-refractivity contribution is 6.41. The lowest BCUT2D eigenvalue weighted by molar-refractivity contribution is 0.601. The molecule has 0 spiro atoms. The van der Waals surface area contributed by atoms with Gasteiger partial charge in [-0.25, -0.2) is 0 Å². The van der Waals surface area contributed by atoms with Gasteiger partial charge in [-0.2, -0.15) is 0 Å². The Hall–Kier alpha value is -1.91. The highest BCUT2D eigenvalue weighted by atomic mass is 19.2. The Labute approximate surface area is 154 Å². The van der Waals surface area contributed by atoms with Crippen molar-refractivity contribution in [1.82, 2.24) is 4.48 Å². The Morgan fingerprint density at radius 2 is 1.92 bits per heavy atom. The maximum atomic E-state index is 14.0. The molecular weight excluding hydrogens is 329 g/mol. The molecule has 0 atom stereocenters. The van der Waals surface area contributed by atoms with Crippen LogP contribution in [0, 0.1) is 0 Å². The fourth-order valence-electron chi connectivity index (χ4n) is 4.51. The van der Waals surface area contributed by atoms with Crippen LogP contribution in [0.1, 0.15) is 68.3 Å². The highest BCUT2D eigenvalue weighted by Gasteiger charge is 2.30. The third kappa shape index (κ3) is 3.12. The monoisotopic (exact) mass is 354 g/mol. The fourth-order valence-corrected chi connectivity index (χ4v) is 4.51. The topological polar surface area (TPSA) is 17.3 Å². The van der Waals surface area contributed by atoms with Gasteiger partial charge in [0.2, 0.25) is 0 Å². The SMILES string of the molecule is C=CCC/C(=C1\C=C2CCCCC2=N1)c1cc2c(n1B(F)F)CCCC2. The number of hydrogen-bond donors (Lipinski definition) is 0. The van der Waals surface area contributed by atoms with E-state index >= 15 is 0 Å². The van der Waals surface area contributed by atoms with Gasteiger partial charge in [-0.05, 0) is 87.5 Å². The molecule has 0 bridgehead atoms. The molecule has 0 saturated heterocycles. The molecule has 0 N–H and O–H groups in total. The molecule has 0 aromatic carbocycles. The van der Waals surface area contributed by atoms with Crippen LogP contribution >= 0.6 is 0 Å². The molecule has 1 aromatic rings. The zero-order chi connectivity index (χ0) is 18.1. The van der Waals surface area contributed by atoms with Crippen LogP contribution in [0.25, 0.3) is 5.57 Å². The number of aliphatic imine (C=N–C) groups is 1. The van der Waals surface area contributed by atoms with Crippen molar-refractivity contribution in [3.05, 3.63) is 53.0 Å². The highest BCUT2D eigenvalue weighted by Crippen LogP contribution is 2.37. The Morgan fingerprint density at radius 3 is 2.69 bits per heavy atom. The zero-order valence-corrected chi connectivity index (χ0v) is 15.2. The summed E-state index contributed by atoms with van der Waals surface area (Å²) in [6, 6.07) is 2.01. The third-order valence-electron chi connectivity index (χ3n) is 5.80. The Balaban J connectivity index is 1.85. The van der Waals surface area contributed by atoms with Crippen molar-refractivity contribution < 1.29 is 8.63 Å². The normalized spacial score (nSPS) is 20.8. The molecule has 2 aliphatic carbocycles. The van der Waals surface area contributed by atoms with Crippen LogP contribution in [-0.4, -0.2) is 17.6 Å². The van der Waals surface area contributed by atoms with Crippen molar-refractivity contribution in [3.63, 3.8) is 0 Å². The summed E-state index contributed by atoms with van der Waals surface area (Å²) in [5.74, 6) is 0. The molecule has 2 heterocycles. The van der Waals surface area contributed by atoms with Crippen LogP contribution in [0.4, 0.5) is 8.63 Å². The van der Waals surface area contributed by atoms with Crippen LogP contribution in [-0.2, 0) is 12.8 Å². The predicted molar refractivity (Wildman–Crippen MR) is 105 cm³/mol. The van der Waals surface area contributed by atoms with E-state index in [4.69, 9.17) is 4.99 Å². The second-order valence-electron chi connectivity index (χ2n) is 7.48. The average molecular weight is 354 g/mol. The molecule has 1 saturated carbocycles. The van der Waals surface area contributed by atoms with Crippen molar-refractivity contribution in [3.8, 4) is 0 Å². The molecule has 0 unspecified atom stereocenters. The minimum atomic E-state index is -2.50. The van der Waals surface area contributed by atoms with E-state index < -0.39 is 7.40 Å². The molecular formula is C21H25BF2N2. The molecule has 3 aliphatic rings. The van der Waals surface area contributed by atoms with E-state index in [-0.39, 0.29) is 0 Å². The number of halogens is 2. The lowest BCUT2D eigenvalue weighted by Crippen LogP contribution is -2.20. The van der Waals surface area contributed by atoms with Gasteiger partial charge >= 0.3 is 7.40 Å². The van der Waals surface area contributed by atoms with Gasteiger partial charge in [0.1, 0.15) is 0 Å². The van der Waals surface area contributed by atoms with E-state index in [2.05, 4.69) is 12.7 Å². The van der Waals surface area contributed by atoms with Crippen molar-refractivity contribution in [2.24, 2.45) is 4.99 Å². The largest absolute Gasteiger partial charge is 0.677 e. The fraction of sp³-hybridized carbons (Fsp3) is 0.476. The standard InChI is InChI=1S/C21H25BF2N2/c1-2-3-10-17(19-13-15-8-4-6-11-18(15)25-19)21-14-16-9-5-7-12-20(16)26(21)22(23)24/h2,13-14H,1,3-12H2/b19-17-. The van der Waals surface area contributed by atoms with E-state index in [0.29, 0.717) is 12.1 Å². The van der Waals surface area contributed by atoms with Gasteiger partial charge < -0.3 is 4.48 Å². The average Bonchev–Trinajstić information content (AvgIpc) is 3.23. The molecule has 5 heteroatoms. The van der Waals surface area contributed by atoms with E-state index in [1.54, 1.807) is 0 Å². The summed E-state index contributed by atoms with van der Waals surface area (Å²) >= 11 is 0. The lowest BCUT2D eigenvalue weighted by Gasteiger charge is -2.16. The number of aryl methyl sites for hydroxylation is 1. The van der Waals surface area contributed by atoms with Gasteiger partial charge in [0.15, 0.2) is 0 Å². The Bertz CT molecular complexity index is 790. The quantitative estimate of drug-likeness (QED) is 0.472. The Morgan fingerprint density at radius 1 is 1.15 bits per heavy atom. The first-order valence-electron chi connectivity index (χ1n) is 9.83. The van der Waals surface area contributed by atoms with Crippen LogP contribution in [0.15, 0.2) is 41.1 Å². The van der Waals surface area contributed by atoms with E-state index in [1.807, 2.05) is 12.1 Å². The summed E-state index contributed by atoms with van der Waals surface area (Å²) in [5, 5.41) is 0. The molecule has 4 rings (SSSR count). The third-order valence-corrected chi connectivity index (χ3v) is 5.80. The second kappa shape index (κ2) is 7.38. The molecule has 1 aromatic heterocycles. The summed E-state index contributed by atoms with van der Waals surface area (Å²) in [4.78, 5) is 4.86. The van der Waals surface area contributed by atoms with Crippen molar-refractivity contribution >= 4 is 18.7 Å². The summed E-state index contributed by atoms with van der Waals surface area (Å²) in [5.41, 5.74) is 6.92. The molecule has 2 nitrogen and oxygen atoms in total. The maximum Gasteiger partial charge on any atom is 0.677 e. The van der Waals surface area contributed by atoms with E-state index in [9.17, 15) is 8.63 Å². The minimum Gasteiger partial charge on any atom is -0.329 e. The summed E-state index contributed by atoms with van der Waals surface area (Å²) in [7, 11) is -2.50. The van der Waals surface area contributed by atoms with Crippen molar-refractivity contribution in [2.75, 3.05) is 0 Å². The van der Waals surface area contributed by atoms with E-state index in [1.165, 1.54) is 28.6 Å². The Kier molecular flexibility index (Phi) is 4.97. The molecule has 1 fully saturated rings. The number of aromatic nitrogens is 1. The van der Waals surface area contributed by atoms with Gasteiger partial charge in [-0.1, -0.05) is 6.08 Å². The molecule has 0 amide bonds. The van der Waals surface area contributed by atoms with Crippen molar-refractivity contribution in [2.45, 2.75) is 64.2 Å². The number of nitrogens with zero attached hydrogens (tertiary/aromatic N) is 2. The van der Waals surface area contributed by atoms with Crippen LogP contribution in [0.3, 0.4) is 0 Å². The van der Waals surface area contributed by atoms with Crippen LogP contribution < -0.4 is 0 Å². The number of hydrogen-bond acceptors (Lipinski definition) is 1. The first-order valence-corrected chi connectivity index (χ1v) is 9.83. The van der Waals surface area contributed by atoms with Crippen LogP contribution in [0.2, 0.25) is 0 Å². The van der Waals surface area contributed by atoms with Gasteiger partial charge in [0.25, 0.3) is 0 Å². The first kappa shape index (κ1) is 17.5. The molecule has 136 valence electrons. The molecule has 26 heavy (non-hydrogen) atoms. The van der Waals surface area contributed by atoms with Gasteiger partial charge in [0.05, 0.1) is 5.70 Å². The van der Waals surface area contributed by atoms with Crippen LogP contribution in [0.5, 0.6) is 0 Å². The minimum absolute atomic E-state index is 0.670. The smallest absolute Gasteiger partial charge is 0.329 e. The van der Waals surface area contributed by atoms with Gasteiger partial charge in [-0.3, -0.25) is 13.6 Å². The summed E-state index contributed by atoms with van der Waals surface area (Å²) in [6.07, 6.45) is 13.7. The molecule has 0 radical (unpaired) electrons. The first-order chi connectivity index (χ1) is 12.7. The molecule has 1 aliphatic heterocycles. The van der Waals surface area contributed by atoms with E-state index in [0.717, 1.165) is 67.5 Å². The summed E-state index contributed by atoms with van der Waals surface area (Å²) in [6.45, 7) is 3.82. The van der Waals surface area contributed by atoms with Gasteiger partial charge in [-0.15, -0.1) is 6.58 Å². The zero-order valence-electron chi connectivity index (χ0n) is 15.2. The van der Waals surface area contributed by atoms with Crippen molar-refractivity contribution in [1.29, 1.82) is 0 Å². The number of rotatable bonds is 5. The number of fused-ring (bicyclic) bond motifs is 2. The summed E-state index contributed by atoms with van der Waals surface area (Å²) < 4.78 is 29.2.